The van der Waals surface area contributed by atoms with Crippen molar-refractivity contribution in [2.45, 2.75) is 32.6 Å². The Kier molecular flexibility index (Phi) is 6.68. The monoisotopic (exact) mass is 431 g/mol. The zero-order valence-electron chi connectivity index (χ0n) is 18.2. The molecule has 7 nitrogen and oxygen atoms in total. The topological polar surface area (TPSA) is 101 Å². The van der Waals surface area contributed by atoms with Gasteiger partial charge >= 0.3 is 0 Å². The molecule has 0 bridgehead atoms. The van der Waals surface area contributed by atoms with Crippen LogP contribution in [-0.4, -0.2) is 16.7 Å². The summed E-state index contributed by atoms with van der Waals surface area (Å²) < 4.78 is 0. The van der Waals surface area contributed by atoms with E-state index in [4.69, 9.17) is 0 Å². The molecule has 3 aromatic carbocycles. The van der Waals surface area contributed by atoms with Crippen LogP contribution in [-0.2, 0) is 16.6 Å². The van der Waals surface area contributed by atoms with Gasteiger partial charge in [0.2, 0.25) is 5.91 Å². The first-order valence-corrected chi connectivity index (χ1v) is 10.2. The van der Waals surface area contributed by atoms with Gasteiger partial charge in [0.05, 0.1) is 11.3 Å². The van der Waals surface area contributed by atoms with E-state index in [1.165, 1.54) is 6.07 Å². The van der Waals surface area contributed by atoms with Crippen LogP contribution in [0.15, 0.2) is 72.8 Å². The molecular formula is C25H25N3O4. The lowest BCUT2D eigenvalue weighted by molar-refractivity contribution is -0.385. The Morgan fingerprint density at radius 1 is 0.875 bits per heavy atom. The predicted octanol–water partition coefficient (Wildman–Crippen LogP) is 5.33. The summed E-state index contributed by atoms with van der Waals surface area (Å²) in [6.45, 7) is 6.33. The quantitative estimate of drug-likeness (QED) is 0.407. The predicted molar refractivity (Wildman–Crippen MR) is 125 cm³/mol. The normalized spacial score (nSPS) is 11.0. The third-order valence-corrected chi connectivity index (χ3v) is 4.96. The fourth-order valence-electron chi connectivity index (χ4n) is 3.22. The summed E-state index contributed by atoms with van der Waals surface area (Å²) in [5.41, 5.74) is 2.91. The number of carbonyl (C=O) groups excluding carboxylic acids is 2. The third-order valence-electron chi connectivity index (χ3n) is 4.96. The second-order valence-electron chi connectivity index (χ2n) is 8.47. The molecule has 0 aliphatic heterocycles. The maximum absolute atomic E-state index is 12.6. The number of benzene rings is 3. The van der Waals surface area contributed by atoms with Crippen molar-refractivity contribution in [1.29, 1.82) is 0 Å². The molecule has 2 N–H and O–H groups in total. The number of carbonyl (C=O) groups is 2. The number of hydrogen-bond donors (Lipinski definition) is 2. The fraction of sp³-hybridized carbons (Fsp3) is 0.200. The van der Waals surface area contributed by atoms with Gasteiger partial charge in [-0.3, -0.25) is 19.7 Å². The van der Waals surface area contributed by atoms with Gasteiger partial charge in [0.15, 0.2) is 0 Å². The van der Waals surface area contributed by atoms with Crippen molar-refractivity contribution in [3.05, 3.63) is 99.6 Å². The van der Waals surface area contributed by atoms with Crippen molar-refractivity contribution in [3.8, 4) is 0 Å². The number of para-hydroxylation sites is 1. The van der Waals surface area contributed by atoms with Crippen molar-refractivity contribution >= 4 is 28.9 Å². The van der Waals surface area contributed by atoms with Gasteiger partial charge in [-0.25, -0.2) is 0 Å². The van der Waals surface area contributed by atoms with Gasteiger partial charge in [-0.2, -0.15) is 0 Å². The highest BCUT2D eigenvalue weighted by Gasteiger charge is 2.16. The lowest BCUT2D eigenvalue weighted by Gasteiger charge is -2.19. The molecule has 0 spiro atoms. The number of amides is 2. The Bertz CT molecular complexity index is 1150. The Labute approximate surface area is 186 Å². The molecule has 0 radical (unpaired) electrons. The molecule has 3 aromatic rings. The molecule has 2 amide bonds. The average molecular weight is 431 g/mol. The molecular weight excluding hydrogens is 406 g/mol. The van der Waals surface area contributed by atoms with Crippen molar-refractivity contribution in [2.24, 2.45) is 0 Å². The molecule has 0 aliphatic carbocycles. The van der Waals surface area contributed by atoms with Crippen LogP contribution in [0.2, 0.25) is 0 Å². The van der Waals surface area contributed by atoms with Crippen LogP contribution in [0.5, 0.6) is 0 Å². The lowest BCUT2D eigenvalue weighted by Crippen LogP contribution is -2.16. The standard InChI is InChI=1S/C25H25N3O4/c1-25(2,3)19-13-11-17(12-14-19)24(30)27-21-9-6-8-20(16-21)26-23(29)15-18-7-4-5-10-22(18)28(31)32/h4-14,16H,15H2,1-3H3,(H,26,29)(H,27,30). The molecule has 7 heteroatoms. The van der Waals surface area contributed by atoms with Gasteiger partial charge in [0.25, 0.3) is 11.6 Å². The molecule has 164 valence electrons. The van der Waals surface area contributed by atoms with Crippen LogP contribution >= 0.6 is 0 Å². The molecule has 3 rings (SSSR count). The van der Waals surface area contributed by atoms with Crippen LogP contribution in [0.1, 0.15) is 42.3 Å². The van der Waals surface area contributed by atoms with Crippen LogP contribution in [0, 0.1) is 10.1 Å². The fourth-order valence-corrected chi connectivity index (χ4v) is 3.22. The van der Waals surface area contributed by atoms with E-state index in [1.807, 2.05) is 12.1 Å². The minimum Gasteiger partial charge on any atom is -0.326 e. The number of nitrogens with zero attached hydrogens (tertiary/aromatic N) is 1. The summed E-state index contributed by atoms with van der Waals surface area (Å²) >= 11 is 0. The van der Waals surface area contributed by atoms with Gasteiger partial charge in [-0.1, -0.05) is 57.2 Å². The number of rotatable bonds is 6. The highest BCUT2D eigenvalue weighted by atomic mass is 16.6. The number of nitro benzene ring substituents is 1. The molecule has 32 heavy (non-hydrogen) atoms. The third kappa shape index (κ3) is 5.78. The van der Waals surface area contributed by atoms with E-state index in [2.05, 4.69) is 31.4 Å². The minimum atomic E-state index is -0.507. The number of hydrogen-bond acceptors (Lipinski definition) is 4. The molecule has 0 aromatic heterocycles. The summed E-state index contributed by atoms with van der Waals surface area (Å²) in [5, 5.41) is 16.7. The van der Waals surface area contributed by atoms with Crippen LogP contribution < -0.4 is 10.6 Å². The van der Waals surface area contributed by atoms with Crippen molar-refractivity contribution < 1.29 is 14.5 Å². The first-order chi connectivity index (χ1) is 15.1. The summed E-state index contributed by atoms with van der Waals surface area (Å²) in [6, 6.07) is 20.3. The van der Waals surface area contributed by atoms with E-state index in [0.29, 0.717) is 22.5 Å². The summed E-state index contributed by atoms with van der Waals surface area (Å²) in [7, 11) is 0. The molecule has 0 unspecified atom stereocenters. The average Bonchev–Trinajstić information content (AvgIpc) is 2.73. The first kappa shape index (κ1) is 22.7. The number of nitro groups is 1. The summed E-state index contributed by atoms with van der Waals surface area (Å²) in [6.07, 6.45) is -0.131. The highest BCUT2D eigenvalue weighted by molar-refractivity contribution is 6.04. The summed E-state index contributed by atoms with van der Waals surface area (Å²) in [5.74, 6) is -0.644. The Morgan fingerprint density at radius 3 is 2.12 bits per heavy atom. The Morgan fingerprint density at radius 2 is 1.50 bits per heavy atom. The second-order valence-corrected chi connectivity index (χ2v) is 8.47. The van der Waals surface area contributed by atoms with Crippen LogP contribution in [0.4, 0.5) is 17.1 Å². The van der Waals surface area contributed by atoms with Gasteiger partial charge in [0, 0.05) is 28.6 Å². The van der Waals surface area contributed by atoms with Crippen molar-refractivity contribution in [2.75, 3.05) is 10.6 Å². The molecule has 0 aliphatic rings. The molecule has 0 heterocycles. The number of anilines is 2. The van der Waals surface area contributed by atoms with Gasteiger partial charge in [0.1, 0.15) is 0 Å². The van der Waals surface area contributed by atoms with E-state index >= 15 is 0 Å². The van der Waals surface area contributed by atoms with E-state index in [-0.39, 0.29) is 29.3 Å². The van der Waals surface area contributed by atoms with E-state index in [9.17, 15) is 19.7 Å². The Hall–Kier alpha value is -4.00. The lowest BCUT2D eigenvalue weighted by atomic mass is 9.87. The molecule has 0 saturated heterocycles. The van der Waals surface area contributed by atoms with Crippen molar-refractivity contribution in [1.82, 2.24) is 0 Å². The maximum Gasteiger partial charge on any atom is 0.273 e. The van der Waals surface area contributed by atoms with E-state index in [1.54, 1.807) is 54.6 Å². The largest absolute Gasteiger partial charge is 0.326 e. The van der Waals surface area contributed by atoms with E-state index < -0.39 is 4.92 Å². The molecule has 0 atom stereocenters. The van der Waals surface area contributed by atoms with Gasteiger partial charge in [-0.15, -0.1) is 0 Å². The minimum absolute atomic E-state index is 0.00171. The van der Waals surface area contributed by atoms with Crippen molar-refractivity contribution in [3.63, 3.8) is 0 Å². The van der Waals surface area contributed by atoms with Gasteiger partial charge < -0.3 is 10.6 Å². The first-order valence-electron chi connectivity index (χ1n) is 10.2. The zero-order chi connectivity index (χ0) is 23.3. The maximum atomic E-state index is 12.6. The van der Waals surface area contributed by atoms with Gasteiger partial charge in [-0.05, 0) is 41.3 Å². The smallest absolute Gasteiger partial charge is 0.273 e. The number of nitrogens with one attached hydrogen (secondary N) is 2. The Balaban J connectivity index is 1.66. The second kappa shape index (κ2) is 9.43. The highest BCUT2D eigenvalue weighted by Crippen LogP contribution is 2.23. The molecule has 0 fully saturated rings. The van der Waals surface area contributed by atoms with Crippen LogP contribution in [0.25, 0.3) is 0 Å². The summed E-state index contributed by atoms with van der Waals surface area (Å²) in [4.78, 5) is 35.6. The van der Waals surface area contributed by atoms with E-state index in [0.717, 1.165) is 5.56 Å². The molecule has 0 saturated carbocycles. The zero-order valence-corrected chi connectivity index (χ0v) is 18.2. The SMILES string of the molecule is CC(C)(C)c1ccc(C(=O)Nc2cccc(NC(=O)Cc3ccccc3[N+](=O)[O-])c2)cc1. The van der Waals surface area contributed by atoms with Crippen LogP contribution in [0.3, 0.4) is 0 Å².